The van der Waals surface area contributed by atoms with Crippen LogP contribution in [0.25, 0.3) is 0 Å². The number of nitrogens with zero attached hydrogens (tertiary/aromatic N) is 3. The van der Waals surface area contributed by atoms with Gasteiger partial charge in [-0.2, -0.15) is 5.10 Å². The number of anilines is 2. The highest BCUT2D eigenvalue weighted by molar-refractivity contribution is 5.93. The number of hydrogen-bond acceptors (Lipinski definition) is 4. The highest BCUT2D eigenvalue weighted by Crippen LogP contribution is 2.14. The maximum absolute atomic E-state index is 11.8. The molecule has 1 aromatic carbocycles. The van der Waals surface area contributed by atoms with E-state index in [4.69, 9.17) is 0 Å². The lowest BCUT2D eigenvalue weighted by Crippen LogP contribution is -2.18. The van der Waals surface area contributed by atoms with Gasteiger partial charge in [0.15, 0.2) is 0 Å². The fourth-order valence-electron chi connectivity index (χ4n) is 1.71. The first kappa shape index (κ1) is 15.7. The van der Waals surface area contributed by atoms with Crippen LogP contribution in [-0.4, -0.2) is 26.6 Å². The van der Waals surface area contributed by atoms with Crippen molar-refractivity contribution < 1.29 is 9.59 Å². The largest absolute Gasteiger partial charge is 0.326 e. The molecule has 2 rings (SSSR count). The van der Waals surface area contributed by atoms with Crippen molar-refractivity contribution >= 4 is 23.2 Å². The smallest absolute Gasteiger partial charge is 0.226 e. The molecule has 7 heteroatoms. The van der Waals surface area contributed by atoms with Gasteiger partial charge in [0.05, 0.1) is 6.54 Å². The minimum Gasteiger partial charge on any atom is -0.326 e. The molecule has 2 aromatic rings. The maximum Gasteiger partial charge on any atom is 0.226 e. The van der Waals surface area contributed by atoms with Gasteiger partial charge in [0.2, 0.25) is 11.8 Å². The summed E-state index contributed by atoms with van der Waals surface area (Å²) in [5.41, 5.74) is 1.39. The Hall–Kier alpha value is -2.70. The Kier molecular flexibility index (Phi) is 5.24. The minimum atomic E-state index is -0.102. The van der Waals surface area contributed by atoms with Crippen LogP contribution in [0.15, 0.2) is 36.9 Å². The van der Waals surface area contributed by atoms with E-state index in [9.17, 15) is 9.59 Å². The van der Waals surface area contributed by atoms with Crippen molar-refractivity contribution in [1.82, 2.24) is 14.8 Å². The molecule has 0 unspecified atom stereocenters. The first-order valence-electron chi connectivity index (χ1n) is 7.08. The molecular formula is C15H19N5O2. The van der Waals surface area contributed by atoms with Crippen LogP contribution < -0.4 is 10.6 Å². The molecule has 2 amide bonds. The molecule has 0 saturated carbocycles. The van der Waals surface area contributed by atoms with Gasteiger partial charge < -0.3 is 10.6 Å². The Morgan fingerprint density at radius 1 is 1.14 bits per heavy atom. The lowest BCUT2D eigenvalue weighted by molar-refractivity contribution is -0.119. The molecule has 0 fully saturated rings. The predicted octanol–water partition coefficient (Wildman–Crippen LogP) is 1.90. The van der Waals surface area contributed by atoms with E-state index < -0.39 is 0 Å². The van der Waals surface area contributed by atoms with Gasteiger partial charge in [-0.25, -0.2) is 4.98 Å². The molecule has 0 aliphatic carbocycles. The van der Waals surface area contributed by atoms with E-state index in [1.54, 1.807) is 35.3 Å². The third kappa shape index (κ3) is 4.69. The predicted molar refractivity (Wildman–Crippen MR) is 83.2 cm³/mol. The van der Waals surface area contributed by atoms with E-state index >= 15 is 0 Å². The van der Waals surface area contributed by atoms with Gasteiger partial charge in [0.1, 0.15) is 12.7 Å². The van der Waals surface area contributed by atoms with Crippen molar-refractivity contribution in [3.63, 3.8) is 0 Å². The first-order valence-corrected chi connectivity index (χ1v) is 7.08. The number of amides is 2. The Balaban J connectivity index is 1.82. The molecule has 1 aromatic heterocycles. The topological polar surface area (TPSA) is 88.9 Å². The van der Waals surface area contributed by atoms with E-state index in [0.29, 0.717) is 24.3 Å². The molecule has 116 valence electrons. The SMILES string of the molecule is CC(C)C(=O)Nc1ccc(NC(=O)CCn2cncn2)cc1. The molecule has 0 saturated heterocycles. The molecule has 1 heterocycles. The standard InChI is InChI=1S/C15H19N5O2/c1-11(2)15(22)19-13-5-3-12(4-6-13)18-14(21)7-8-20-10-16-9-17-20/h3-6,9-11H,7-8H2,1-2H3,(H,18,21)(H,19,22). The summed E-state index contributed by atoms with van der Waals surface area (Å²) in [5.74, 6) is -0.213. The zero-order valence-electron chi connectivity index (χ0n) is 12.6. The number of carbonyl (C=O) groups excluding carboxylic acids is 2. The van der Waals surface area contributed by atoms with Gasteiger partial charge in [0, 0.05) is 23.7 Å². The average Bonchev–Trinajstić information content (AvgIpc) is 3.00. The monoisotopic (exact) mass is 301 g/mol. The van der Waals surface area contributed by atoms with Crippen molar-refractivity contribution in [3.8, 4) is 0 Å². The van der Waals surface area contributed by atoms with Crippen LogP contribution >= 0.6 is 0 Å². The van der Waals surface area contributed by atoms with E-state index in [0.717, 1.165) is 0 Å². The zero-order chi connectivity index (χ0) is 15.9. The third-order valence-corrected chi connectivity index (χ3v) is 3.00. The molecule has 0 aliphatic rings. The van der Waals surface area contributed by atoms with Crippen LogP contribution in [0, 0.1) is 5.92 Å². The zero-order valence-corrected chi connectivity index (χ0v) is 12.6. The number of aromatic nitrogens is 3. The molecule has 0 radical (unpaired) electrons. The van der Waals surface area contributed by atoms with Crippen LogP contribution in [0.4, 0.5) is 11.4 Å². The lowest BCUT2D eigenvalue weighted by atomic mass is 10.2. The van der Waals surface area contributed by atoms with Crippen molar-refractivity contribution in [1.29, 1.82) is 0 Å². The van der Waals surface area contributed by atoms with Gasteiger partial charge in [-0.1, -0.05) is 13.8 Å². The normalized spacial score (nSPS) is 10.5. The Morgan fingerprint density at radius 2 is 1.77 bits per heavy atom. The molecule has 0 bridgehead atoms. The quantitative estimate of drug-likeness (QED) is 0.853. The van der Waals surface area contributed by atoms with Gasteiger partial charge in [-0.3, -0.25) is 14.3 Å². The summed E-state index contributed by atoms with van der Waals surface area (Å²) >= 11 is 0. The van der Waals surface area contributed by atoms with Crippen molar-refractivity contribution in [2.24, 2.45) is 5.92 Å². The van der Waals surface area contributed by atoms with Crippen LogP contribution in [0.3, 0.4) is 0 Å². The number of carbonyl (C=O) groups is 2. The Morgan fingerprint density at radius 3 is 2.32 bits per heavy atom. The lowest BCUT2D eigenvalue weighted by Gasteiger charge is -2.09. The molecule has 2 N–H and O–H groups in total. The summed E-state index contributed by atoms with van der Waals surface area (Å²) in [7, 11) is 0. The average molecular weight is 301 g/mol. The van der Waals surface area contributed by atoms with Crippen LogP contribution in [0.2, 0.25) is 0 Å². The number of benzene rings is 1. The van der Waals surface area contributed by atoms with E-state index in [1.165, 1.54) is 6.33 Å². The van der Waals surface area contributed by atoms with Crippen molar-refractivity contribution in [2.75, 3.05) is 10.6 Å². The fourth-order valence-corrected chi connectivity index (χ4v) is 1.71. The number of hydrogen-bond donors (Lipinski definition) is 2. The van der Waals surface area contributed by atoms with Gasteiger partial charge in [-0.15, -0.1) is 0 Å². The number of aryl methyl sites for hydroxylation is 1. The summed E-state index contributed by atoms with van der Waals surface area (Å²) in [6.45, 7) is 4.15. The van der Waals surface area contributed by atoms with Crippen LogP contribution in [0.1, 0.15) is 20.3 Å². The van der Waals surface area contributed by atoms with Gasteiger partial charge >= 0.3 is 0 Å². The Bertz CT molecular complexity index is 620. The highest BCUT2D eigenvalue weighted by atomic mass is 16.2. The first-order chi connectivity index (χ1) is 10.5. The molecule has 0 aliphatic heterocycles. The van der Waals surface area contributed by atoms with Crippen molar-refractivity contribution in [2.45, 2.75) is 26.8 Å². The molecule has 0 spiro atoms. The number of rotatable bonds is 6. The van der Waals surface area contributed by atoms with E-state index in [-0.39, 0.29) is 17.7 Å². The summed E-state index contributed by atoms with van der Waals surface area (Å²) in [6, 6.07) is 7.02. The molecule has 22 heavy (non-hydrogen) atoms. The van der Waals surface area contributed by atoms with Crippen LogP contribution in [0.5, 0.6) is 0 Å². The Labute approximate surface area is 128 Å². The fraction of sp³-hybridized carbons (Fsp3) is 0.333. The summed E-state index contributed by atoms with van der Waals surface area (Å²) in [5, 5.41) is 9.52. The second-order valence-electron chi connectivity index (χ2n) is 5.18. The molecular weight excluding hydrogens is 282 g/mol. The molecule has 7 nitrogen and oxygen atoms in total. The summed E-state index contributed by atoms with van der Waals surface area (Å²) in [4.78, 5) is 27.2. The highest BCUT2D eigenvalue weighted by Gasteiger charge is 2.07. The van der Waals surface area contributed by atoms with E-state index in [2.05, 4.69) is 20.7 Å². The third-order valence-electron chi connectivity index (χ3n) is 3.00. The minimum absolute atomic E-state index is 0.0374. The van der Waals surface area contributed by atoms with Crippen molar-refractivity contribution in [3.05, 3.63) is 36.9 Å². The maximum atomic E-state index is 11.8. The number of nitrogens with one attached hydrogen (secondary N) is 2. The second-order valence-corrected chi connectivity index (χ2v) is 5.18. The van der Waals surface area contributed by atoms with E-state index in [1.807, 2.05) is 13.8 Å². The summed E-state index contributed by atoms with van der Waals surface area (Å²) < 4.78 is 1.60. The second kappa shape index (κ2) is 7.35. The van der Waals surface area contributed by atoms with Gasteiger partial charge in [0.25, 0.3) is 0 Å². The summed E-state index contributed by atoms with van der Waals surface area (Å²) in [6.07, 6.45) is 3.32. The molecule has 0 atom stereocenters. The van der Waals surface area contributed by atoms with Crippen LogP contribution in [-0.2, 0) is 16.1 Å². The van der Waals surface area contributed by atoms with Gasteiger partial charge in [-0.05, 0) is 24.3 Å².